The summed E-state index contributed by atoms with van der Waals surface area (Å²) in [5.74, 6) is 0.625. The third-order valence-corrected chi connectivity index (χ3v) is 5.20. The van der Waals surface area contributed by atoms with Crippen LogP contribution in [-0.2, 0) is 0 Å². The molecule has 2 aromatic carbocycles. The van der Waals surface area contributed by atoms with Gasteiger partial charge in [-0.1, -0.05) is 59.7 Å². The number of aryl methyl sites for hydroxylation is 2. The molecule has 0 saturated heterocycles. The number of aromatic amines is 1. The Kier molecular flexibility index (Phi) is 3.70. The van der Waals surface area contributed by atoms with E-state index in [4.69, 9.17) is 0 Å². The number of tetrazole rings is 1. The number of hydrogen-bond acceptors (Lipinski definition) is 4. The van der Waals surface area contributed by atoms with Gasteiger partial charge >= 0.3 is 0 Å². The summed E-state index contributed by atoms with van der Waals surface area (Å²) in [6, 6.07) is 19.3. The van der Waals surface area contributed by atoms with Crippen molar-refractivity contribution in [1.29, 1.82) is 0 Å². The zero-order valence-corrected chi connectivity index (χ0v) is 14.3. The van der Waals surface area contributed by atoms with E-state index >= 15 is 0 Å². The molecule has 24 heavy (non-hydrogen) atoms. The van der Waals surface area contributed by atoms with Gasteiger partial charge in [-0.3, -0.25) is 0 Å². The van der Waals surface area contributed by atoms with Crippen LogP contribution in [0.15, 0.2) is 54.6 Å². The SMILES string of the molecule is Cc1ccc(-c2cc(-c3nn[nH]n3)c(-c3ccc(C)cc3)s2)cc1. The summed E-state index contributed by atoms with van der Waals surface area (Å²) >= 11 is 1.75. The highest BCUT2D eigenvalue weighted by Gasteiger charge is 2.17. The molecule has 0 saturated carbocycles. The number of rotatable bonds is 3. The van der Waals surface area contributed by atoms with Crippen LogP contribution in [0.1, 0.15) is 11.1 Å². The van der Waals surface area contributed by atoms with Crippen molar-refractivity contribution in [1.82, 2.24) is 20.6 Å². The maximum absolute atomic E-state index is 4.17. The molecule has 4 aromatic rings. The minimum absolute atomic E-state index is 0.625. The first-order valence-electron chi connectivity index (χ1n) is 7.72. The van der Waals surface area contributed by atoms with Crippen LogP contribution in [0.4, 0.5) is 0 Å². The van der Waals surface area contributed by atoms with Gasteiger partial charge < -0.3 is 0 Å². The van der Waals surface area contributed by atoms with E-state index in [1.807, 2.05) is 0 Å². The fourth-order valence-corrected chi connectivity index (χ4v) is 3.78. The average Bonchev–Trinajstić information content (AvgIpc) is 3.25. The van der Waals surface area contributed by atoms with Gasteiger partial charge in [-0.15, -0.1) is 21.5 Å². The van der Waals surface area contributed by atoms with Crippen LogP contribution >= 0.6 is 11.3 Å². The molecule has 0 aliphatic heterocycles. The second-order valence-electron chi connectivity index (χ2n) is 5.82. The fraction of sp³-hybridized carbons (Fsp3) is 0.105. The first-order valence-corrected chi connectivity index (χ1v) is 8.54. The Bertz CT molecular complexity index is 952. The second kappa shape index (κ2) is 6.02. The molecule has 118 valence electrons. The standard InChI is InChI=1S/C19H16N4S/c1-12-3-7-14(8-4-12)17-11-16(19-20-22-23-21-19)18(24-17)15-9-5-13(2)6-10-15/h3-11H,1-2H3,(H,20,21,22,23). The molecule has 1 N–H and O–H groups in total. The molecule has 0 unspecified atom stereocenters. The van der Waals surface area contributed by atoms with Gasteiger partial charge in [0, 0.05) is 15.3 Å². The van der Waals surface area contributed by atoms with Crippen LogP contribution < -0.4 is 0 Å². The molecule has 0 aliphatic rings. The highest BCUT2D eigenvalue weighted by molar-refractivity contribution is 7.19. The Morgan fingerprint density at radius 1 is 0.833 bits per heavy atom. The van der Waals surface area contributed by atoms with E-state index in [1.54, 1.807) is 11.3 Å². The van der Waals surface area contributed by atoms with Crippen LogP contribution in [-0.4, -0.2) is 20.6 Å². The molecule has 0 spiro atoms. The van der Waals surface area contributed by atoms with Crippen LogP contribution in [0.2, 0.25) is 0 Å². The zero-order valence-electron chi connectivity index (χ0n) is 13.4. The second-order valence-corrected chi connectivity index (χ2v) is 6.87. The molecule has 0 atom stereocenters. The van der Waals surface area contributed by atoms with Crippen LogP contribution in [0, 0.1) is 13.8 Å². The van der Waals surface area contributed by atoms with Crippen molar-refractivity contribution in [2.24, 2.45) is 0 Å². The molecule has 0 fully saturated rings. The Morgan fingerprint density at radius 2 is 1.46 bits per heavy atom. The predicted molar refractivity (Wildman–Crippen MR) is 97.8 cm³/mol. The lowest BCUT2D eigenvalue weighted by atomic mass is 10.1. The highest BCUT2D eigenvalue weighted by Crippen LogP contribution is 2.42. The monoisotopic (exact) mass is 332 g/mol. The number of nitrogens with zero attached hydrogens (tertiary/aromatic N) is 3. The van der Waals surface area contributed by atoms with Gasteiger partial charge in [0.05, 0.1) is 0 Å². The van der Waals surface area contributed by atoms with E-state index in [2.05, 4.69) is 89.1 Å². The molecular weight excluding hydrogens is 316 g/mol. The van der Waals surface area contributed by atoms with E-state index in [0.717, 1.165) is 10.4 Å². The molecule has 0 aliphatic carbocycles. The van der Waals surface area contributed by atoms with E-state index in [1.165, 1.54) is 27.1 Å². The van der Waals surface area contributed by atoms with E-state index in [9.17, 15) is 0 Å². The molecule has 5 heteroatoms. The summed E-state index contributed by atoms with van der Waals surface area (Å²) in [6.45, 7) is 4.19. The van der Waals surface area contributed by atoms with Crippen LogP contribution in [0.5, 0.6) is 0 Å². The molecule has 4 nitrogen and oxygen atoms in total. The molecule has 0 bridgehead atoms. The molecule has 2 aromatic heterocycles. The summed E-state index contributed by atoms with van der Waals surface area (Å²) in [5.41, 5.74) is 5.88. The first kappa shape index (κ1) is 14.8. The Labute approximate surface area is 144 Å². The van der Waals surface area contributed by atoms with Crippen LogP contribution in [0.3, 0.4) is 0 Å². The Morgan fingerprint density at radius 3 is 2.04 bits per heavy atom. The number of nitrogens with one attached hydrogen (secondary N) is 1. The molecule has 2 heterocycles. The van der Waals surface area contributed by atoms with Crippen molar-refractivity contribution in [2.45, 2.75) is 13.8 Å². The van der Waals surface area contributed by atoms with Crippen molar-refractivity contribution in [2.75, 3.05) is 0 Å². The maximum atomic E-state index is 4.17. The van der Waals surface area contributed by atoms with Crippen molar-refractivity contribution in [3.05, 3.63) is 65.7 Å². The van der Waals surface area contributed by atoms with Crippen molar-refractivity contribution >= 4 is 11.3 Å². The third kappa shape index (κ3) is 2.74. The minimum atomic E-state index is 0.625. The van der Waals surface area contributed by atoms with Crippen molar-refractivity contribution < 1.29 is 0 Å². The van der Waals surface area contributed by atoms with Gasteiger partial charge in [-0.25, -0.2) is 0 Å². The van der Waals surface area contributed by atoms with Gasteiger partial charge in [-0.05, 0) is 36.3 Å². The third-order valence-electron chi connectivity index (χ3n) is 3.97. The normalized spacial score (nSPS) is 10.9. The summed E-state index contributed by atoms with van der Waals surface area (Å²) in [4.78, 5) is 2.36. The Hall–Kier alpha value is -2.79. The van der Waals surface area contributed by atoms with Gasteiger partial charge in [0.15, 0.2) is 0 Å². The number of hydrogen-bond donors (Lipinski definition) is 1. The molecule has 0 radical (unpaired) electrons. The van der Waals surface area contributed by atoms with Crippen LogP contribution in [0.25, 0.3) is 32.3 Å². The predicted octanol–water partition coefficient (Wildman–Crippen LogP) is 4.88. The summed E-state index contributed by atoms with van der Waals surface area (Å²) < 4.78 is 0. The van der Waals surface area contributed by atoms with Gasteiger partial charge in [0.2, 0.25) is 5.82 Å². The Balaban J connectivity index is 1.87. The molecule has 0 amide bonds. The molecular formula is C19H16N4S. The topological polar surface area (TPSA) is 54.5 Å². The largest absolute Gasteiger partial charge is 0.206 e. The van der Waals surface area contributed by atoms with E-state index in [0.29, 0.717) is 5.82 Å². The van der Waals surface area contributed by atoms with E-state index < -0.39 is 0 Å². The first-order chi connectivity index (χ1) is 11.7. The number of aromatic nitrogens is 4. The fourth-order valence-electron chi connectivity index (χ4n) is 2.61. The lowest BCUT2D eigenvalue weighted by Crippen LogP contribution is -1.82. The minimum Gasteiger partial charge on any atom is -0.177 e. The quantitative estimate of drug-likeness (QED) is 0.582. The van der Waals surface area contributed by atoms with Gasteiger partial charge in [0.1, 0.15) is 0 Å². The summed E-state index contributed by atoms with van der Waals surface area (Å²) in [7, 11) is 0. The zero-order chi connectivity index (χ0) is 16.5. The number of H-pyrrole nitrogens is 1. The highest BCUT2D eigenvalue weighted by atomic mass is 32.1. The van der Waals surface area contributed by atoms with Crippen molar-refractivity contribution in [3.8, 4) is 32.3 Å². The summed E-state index contributed by atoms with van der Waals surface area (Å²) in [5, 5.41) is 14.6. The average molecular weight is 332 g/mol. The maximum Gasteiger partial charge on any atom is 0.206 e. The number of thiophene rings is 1. The molecule has 4 rings (SSSR count). The van der Waals surface area contributed by atoms with Gasteiger partial charge in [-0.2, -0.15) is 5.21 Å². The lowest BCUT2D eigenvalue weighted by molar-refractivity contribution is 0.881. The lowest BCUT2D eigenvalue weighted by Gasteiger charge is -2.01. The smallest absolute Gasteiger partial charge is 0.177 e. The van der Waals surface area contributed by atoms with E-state index in [-0.39, 0.29) is 0 Å². The summed E-state index contributed by atoms with van der Waals surface area (Å²) in [6.07, 6.45) is 0. The van der Waals surface area contributed by atoms with Gasteiger partial charge in [0.25, 0.3) is 0 Å². The van der Waals surface area contributed by atoms with Crippen molar-refractivity contribution in [3.63, 3.8) is 0 Å². The number of benzene rings is 2.